The number of nitrogens with one attached hydrogen (secondary N) is 1. The van der Waals surface area contributed by atoms with Crippen molar-refractivity contribution in [1.29, 1.82) is 0 Å². The zero-order valence-corrected chi connectivity index (χ0v) is 29.9. The van der Waals surface area contributed by atoms with Crippen molar-refractivity contribution in [2.45, 2.75) is 69.8 Å². The van der Waals surface area contributed by atoms with Crippen LogP contribution < -0.4 is 14.5 Å². The first-order valence-corrected chi connectivity index (χ1v) is 18.8. The highest BCUT2D eigenvalue weighted by Crippen LogP contribution is 2.53. The number of aromatic nitrogens is 4. The number of anilines is 2. The molecule has 10 nitrogen and oxygen atoms in total. The van der Waals surface area contributed by atoms with Crippen molar-refractivity contribution >= 4 is 39.5 Å². The van der Waals surface area contributed by atoms with Crippen molar-refractivity contribution in [3.05, 3.63) is 48.2 Å². The van der Waals surface area contributed by atoms with Crippen molar-refractivity contribution in [3.63, 3.8) is 0 Å². The van der Waals surface area contributed by atoms with Gasteiger partial charge in [-0.05, 0) is 86.3 Å². The number of hydrogen-bond acceptors (Lipinski definition) is 8. The van der Waals surface area contributed by atoms with E-state index < -0.39 is 19.0 Å². The third-order valence-electron chi connectivity index (χ3n) is 12.2. The van der Waals surface area contributed by atoms with Crippen LogP contribution in [0.2, 0.25) is 0 Å². The van der Waals surface area contributed by atoms with Crippen molar-refractivity contribution in [2.75, 3.05) is 68.8 Å². The highest BCUT2D eigenvalue weighted by atomic mass is 19.4. The molecule has 1 spiro atoms. The first-order valence-electron chi connectivity index (χ1n) is 18.8. The fourth-order valence-electron chi connectivity index (χ4n) is 9.19. The average molecular weight is 733 g/mol. The Morgan fingerprint density at radius 2 is 1.81 bits per heavy atom. The first-order chi connectivity index (χ1) is 25.5. The van der Waals surface area contributed by atoms with Gasteiger partial charge in [-0.1, -0.05) is 12.6 Å². The Kier molecular flexibility index (Phi) is 8.32. The number of rotatable bonds is 8. The van der Waals surface area contributed by atoms with Gasteiger partial charge in [0, 0.05) is 80.2 Å². The van der Waals surface area contributed by atoms with Crippen LogP contribution in [0.25, 0.3) is 32.9 Å². The molecule has 4 aliphatic heterocycles. The SMILES string of the molecule is C=CC(=O)N1CC2(CCN(c3nc(N4CC[C@H](N5CC[C@@H](F)C5)C4)nc4c(OCC(F)(F)F)c(-c5c(C)ccc6[nH]ncc56)c(C5CC5)cc34)CC2)C1. The first kappa shape index (κ1) is 34.3. The zero-order chi connectivity index (χ0) is 36.6. The molecule has 2 atom stereocenters. The molecule has 53 heavy (non-hydrogen) atoms. The number of nitrogens with zero attached hydrogens (tertiary/aromatic N) is 7. The molecule has 4 saturated heterocycles. The number of H-pyrrole nitrogens is 1. The Morgan fingerprint density at radius 1 is 1.02 bits per heavy atom. The minimum absolute atomic E-state index is 0.0289. The number of carbonyl (C=O) groups excluding carboxylic acids is 1. The van der Waals surface area contributed by atoms with E-state index in [1.807, 2.05) is 24.0 Å². The maximum atomic E-state index is 14.2. The molecule has 5 aliphatic rings. The molecular weight excluding hydrogens is 688 g/mol. The fourth-order valence-corrected chi connectivity index (χ4v) is 9.19. The van der Waals surface area contributed by atoms with Crippen molar-refractivity contribution < 1.29 is 27.1 Å². The van der Waals surface area contributed by atoms with Crippen LogP contribution >= 0.6 is 0 Å². The minimum atomic E-state index is -4.58. The Morgan fingerprint density at radius 3 is 2.51 bits per heavy atom. The number of aryl methyl sites for hydroxylation is 1. The quantitative estimate of drug-likeness (QED) is 0.162. The molecule has 1 amide bonds. The summed E-state index contributed by atoms with van der Waals surface area (Å²) in [6, 6.07) is 6.14. The molecule has 2 aromatic carbocycles. The molecule has 6 heterocycles. The highest BCUT2D eigenvalue weighted by molar-refractivity contribution is 6.06. The van der Waals surface area contributed by atoms with Gasteiger partial charge in [0.05, 0.1) is 11.7 Å². The second-order valence-corrected chi connectivity index (χ2v) is 15.8. The van der Waals surface area contributed by atoms with E-state index >= 15 is 0 Å². The number of benzene rings is 2. The summed E-state index contributed by atoms with van der Waals surface area (Å²) >= 11 is 0. The molecule has 4 aromatic rings. The molecule has 280 valence electrons. The topological polar surface area (TPSA) is 93.7 Å². The van der Waals surface area contributed by atoms with Gasteiger partial charge >= 0.3 is 6.18 Å². The number of carbonyl (C=O) groups is 1. The van der Waals surface area contributed by atoms with Gasteiger partial charge in [0.1, 0.15) is 17.5 Å². The van der Waals surface area contributed by atoms with Gasteiger partial charge in [-0.25, -0.2) is 9.37 Å². The summed E-state index contributed by atoms with van der Waals surface area (Å²) in [5.41, 5.74) is 4.43. The number of fused-ring (bicyclic) bond motifs is 2. The standard InChI is InChI=1S/C39H44F4N8O2/c1-3-31(52)51-20-38(21-51)10-14-48(15-11-38)36-28-16-27(24-5-6-24)33(32-23(2)4-7-30-29(32)17-44-47-30)35(53-22-39(41,42)43)34(28)45-37(46-36)50-13-9-26(19-50)49-12-8-25(40)18-49/h3-4,7,16-17,24-26H,1,5-6,8-15,18-22H2,2H3,(H,44,47)/t25-,26+/m1/s1. The van der Waals surface area contributed by atoms with E-state index in [4.69, 9.17) is 14.7 Å². The number of alkyl halides is 4. The Labute approximate surface area is 305 Å². The van der Waals surface area contributed by atoms with E-state index in [9.17, 15) is 22.4 Å². The molecule has 1 N–H and O–H groups in total. The molecule has 0 radical (unpaired) electrons. The molecule has 1 aliphatic carbocycles. The van der Waals surface area contributed by atoms with E-state index in [0.29, 0.717) is 87.0 Å². The summed E-state index contributed by atoms with van der Waals surface area (Å²) in [6.45, 7) is 9.26. The number of piperidine rings is 1. The predicted molar refractivity (Wildman–Crippen MR) is 195 cm³/mol. The molecule has 0 bridgehead atoms. The van der Waals surface area contributed by atoms with Crippen LogP contribution in [0.5, 0.6) is 5.75 Å². The van der Waals surface area contributed by atoms with Gasteiger partial charge < -0.3 is 19.4 Å². The summed E-state index contributed by atoms with van der Waals surface area (Å²) < 4.78 is 62.5. The lowest BCUT2D eigenvalue weighted by Gasteiger charge is -2.54. The molecule has 9 rings (SSSR count). The molecule has 0 unspecified atom stereocenters. The Bertz CT molecular complexity index is 2080. The van der Waals surface area contributed by atoms with Gasteiger partial charge in [-0.2, -0.15) is 23.3 Å². The summed E-state index contributed by atoms with van der Waals surface area (Å²) in [5, 5.41) is 8.80. The number of aromatic amines is 1. The second kappa shape index (κ2) is 12.8. The van der Waals surface area contributed by atoms with Gasteiger partial charge in [-0.3, -0.25) is 14.8 Å². The van der Waals surface area contributed by atoms with Gasteiger partial charge in [0.15, 0.2) is 12.4 Å². The number of hydrogen-bond donors (Lipinski definition) is 1. The highest BCUT2D eigenvalue weighted by Gasteiger charge is 2.47. The van der Waals surface area contributed by atoms with Crippen molar-refractivity contribution in [2.24, 2.45) is 5.41 Å². The van der Waals surface area contributed by atoms with E-state index in [-0.39, 0.29) is 29.0 Å². The third-order valence-corrected chi connectivity index (χ3v) is 12.2. The number of amides is 1. The van der Waals surface area contributed by atoms with Crippen LogP contribution in [0.4, 0.5) is 29.3 Å². The lowest BCUT2D eigenvalue weighted by Crippen LogP contribution is -2.61. The van der Waals surface area contributed by atoms with Gasteiger partial charge in [-0.15, -0.1) is 0 Å². The summed E-state index contributed by atoms with van der Waals surface area (Å²) in [4.78, 5) is 31.0. The maximum Gasteiger partial charge on any atom is 0.422 e. The normalized spacial score (nSPS) is 23.4. The van der Waals surface area contributed by atoms with Gasteiger partial charge in [0.25, 0.3) is 0 Å². The van der Waals surface area contributed by atoms with Crippen LogP contribution in [0.3, 0.4) is 0 Å². The lowest BCUT2D eigenvalue weighted by molar-refractivity contribution is -0.153. The minimum Gasteiger partial charge on any atom is -0.481 e. The summed E-state index contributed by atoms with van der Waals surface area (Å²) in [5.74, 6) is 1.35. The third kappa shape index (κ3) is 6.26. The molecule has 5 fully saturated rings. The van der Waals surface area contributed by atoms with E-state index in [2.05, 4.69) is 37.5 Å². The molecule has 14 heteroatoms. The largest absolute Gasteiger partial charge is 0.481 e. The lowest BCUT2D eigenvalue weighted by atomic mass is 9.72. The second-order valence-electron chi connectivity index (χ2n) is 15.8. The zero-order valence-electron chi connectivity index (χ0n) is 29.9. The average Bonchev–Trinajstić information content (AvgIpc) is 3.45. The molecular formula is C39H44F4N8O2. The van der Waals surface area contributed by atoms with Gasteiger partial charge in [0.2, 0.25) is 11.9 Å². The van der Waals surface area contributed by atoms with Crippen LogP contribution in [0.15, 0.2) is 37.1 Å². The summed E-state index contributed by atoms with van der Waals surface area (Å²) in [7, 11) is 0. The van der Waals surface area contributed by atoms with E-state index in [1.165, 1.54) is 6.08 Å². The molecule has 1 saturated carbocycles. The number of halogens is 4. The van der Waals surface area contributed by atoms with Crippen molar-refractivity contribution in [3.8, 4) is 16.9 Å². The van der Waals surface area contributed by atoms with Crippen LogP contribution in [0.1, 0.15) is 55.6 Å². The monoisotopic (exact) mass is 732 g/mol. The van der Waals surface area contributed by atoms with Crippen LogP contribution in [0, 0.1) is 12.3 Å². The van der Waals surface area contributed by atoms with Crippen molar-refractivity contribution in [1.82, 2.24) is 30.0 Å². The summed E-state index contributed by atoms with van der Waals surface area (Å²) in [6.07, 6.45) is 2.57. The number of likely N-dealkylation sites (tertiary alicyclic amines) is 2. The maximum absolute atomic E-state index is 14.2. The van der Waals surface area contributed by atoms with E-state index in [1.54, 1.807) is 6.20 Å². The fraction of sp³-hybridized carbons (Fsp3) is 0.538. The predicted octanol–water partition coefficient (Wildman–Crippen LogP) is 6.54. The van der Waals surface area contributed by atoms with E-state index in [0.717, 1.165) is 59.7 Å². The smallest absolute Gasteiger partial charge is 0.422 e. The molecule has 2 aromatic heterocycles. The number of ether oxygens (including phenoxy) is 1. The Hall–Kier alpha value is -4.46. The van der Waals surface area contributed by atoms with Crippen LogP contribution in [-0.2, 0) is 4.79 Å². The van der Waals surface area contributed by atoms with Crippen LogP contribution in [-0.4, -0.2) is 113 Å². The Balaban J connectivity index is 1.20.